The molecule has 0 saturated heterocycles. The van der Waals surface area contributed by atoms with Crippen molar-refractivity contribution >= 4 is 17.3 Å². The third-order valence-electron chi connectivity index (χ3n) is 2.93. The van der Waals surface area contributed by atoms with Crippen molar-refractivity contribution in [1.29, 1.82) is 0 Å². The van der Waals surface area contributed by atoms with Gasteiger partial charge in [-0.3, -0.25) is 4.79 Å². The van der Waals surface area contributed by atoms with Gasteiger partial charge in [-0.15, -0.1) is 5.10 Å². The van der Waals surface area contributed by atoms with Gasteiger partial charge in [-0.1, -0.05) is 5.21 Å². The molecule has 3 N–H and O–H groups in total. The maximum absolute atomic E-state index is 11.1. The number of aromatic nitrogens is 3. The number of aliphatic hydroxyl groups is 1. The third-order valence-corrected chi connectivity index (χ3v) is 2.93. The van der Waals surface area contributed by atoms with Gasteiger partial charge in [0.1, 0.15) is 5.69 Å². The molecule has 1 amide bonds. The molecule has 0 aliphatic rings. The lowest BCUT2D eigenvalue weighted by molar-refractivity contribution is -0.114. The van der Waals surface area contributed by atoms with Crippen LogP contribution in [0.3, 0.4) is 0 Å². The summed E-state index contributed by atoms with van der Waals surface area (Å²) in [7, 11) is 0. The van der Waals surface area contributed by atoms with Crippen LogP contribution in [0.1, 0.15) is 18.2 Å². The Morgan fingerprint density at radius 1 is 1.43 bits per heavy atom. The van der Waals surface area contributed by atoms with Gasteiger partial charge in [0.15, 0.2) is 0 Å². The van der Waals surface area contributed by atoms with Gasteiger partial charge in [-0.25, -0.2) is 4.68 Å². The van der Waals surface area contributed by atoms with E-state index >= 15 is 0 Å². The lowest BCUT2D eigenvalue weighted by atomic mass is 10.1. The van der Waals surface area contributed by atoms with E-state index < -0.39 is 0 Å². The van der Waals surface area contributed by atoms with Crippen molar-refractivity contribution in [3.63, 3.8) is 0 Å². The molecule has 1 aromatic carbocycles. The minimum Gasteiger partial charge on any atom is -0.394 e. The number of rotatable bonds is 6. The Hall–Kier alpha value is -2.41. The average Bonchev–Trinajstić information content (AvgIpc) is 2.87. The molecule has 0 unspecified atom stereocenters. The summed E-state index contributed by atoms with van der Waals surface area (Å²) in [6, 6.07) is 5.72. The summed E-state index contributed by atoms with van der Waals surface area (Å²) in [6.45, 7) is 4.46. The number of amides is 1. The quantitative estimate of drug-likeness (QED) is 0.742. The van der Waals surface area contributed by atoms with E-state index in [4.69, 9.17) is 5.11 Å². The number of hydrogen-bond acceptors (Lipinski definition) is 5. The smallest absolute Gasteiger partial charge is 0.221 e. The highest BCUT2D eigenvalue weighted by Gasteiger charge is 2.03. The van der Waals surface area contributed by atoms with Gasteiger partial charge in [-0.05, 0) is 30.7 Å². The van der Waals surface area contributed by atoms with Gasteiger partial charge in [0.25, 0.3) is 0 Å². The number of nitrogens with zero attached hydrogens (tertiary/aromatic N) is 3. The fraction of sp³-hybridized carbons (Fsp3) is 0.357. The molecule has 2 rings (SSSR count). The largest absolute Gasteiger partial charge is 0.394 e. The third kappa shape index (κ3) is 4.28. The molecule has 2 aromatic rings. The molecule has 1 aromatic heterocycles. The summed E-state index contributed by atoms with van der Waals surface area (Å²) >= 11 is 0. The zero-order chi connectivity index (χ0) is 15.2. The van der Waals surface area contributed by atoms with E-state index in [0.29, 0.717) is 13.1 Å². The number of carbonyl (C=O) groups excluding carboxylic acids is 1. The zero-order valence-corrected chi connectivity index (χ0v) is 12.1. The zero-order valence-electron chi connectivity index (χ0n) is 12.1. The molecule has 0 radical (unpaired) electrons. The SMILES string of the molecule is CC(=O)Nc1ccc(NCc2cn(CCO)nn2)cc1C. The van der Waals surface area contributed by atoms with Crippen LogP contribution in [0.5, 0.6) is 0 Å². The van der Waals surface area contributed by atoms with Gasteiger partial charge in [0, 0.05) is 18.3 Å². The standard InChI is InChI=1S/C14H19N5O2/c1-10-7-12(3-4-14(10)16-11(2)21)15-8-13-9-19(5-6-20)18-17-13/h3-4,7,9,15,20H,5-6,8H2,1-2H3,(H,16,21). The Morgan fingerprint density at radius 2 is 2.24 bits per heavy atom. The van der Waals surface area contributed by atoms with Gasteiger partial charge in [-0.2, -0.15) is 0 Å². The first-order chi connectivity index (χ1) is 10.1. The molecule has 0 spiro atoms. The molecule has 0 atom stereocenters. The highest BCUT2D eigenvalue weighted by molar-refractivity contribution is 5.89. The Balaban J connectivity index is 1.96. The first kappa shape index (κ1) is 15.0. The molecule has 0 aliphatic heterocycles. The molecule has 0 fully saturated rings. The second-order valence-corrected chi connectivity index (χ2v) is 4.76. The van der Waals surface area contributed by atoms with E-state index in [2.05, 4.69) is 20.9 Å². The summed E-state index contributed by atoms with van der Waals surface area (Å²) < 4.78 is 1.60. The van der Waals surface area contributed by atoms with Crippen molar-refractivity contribution < 1.29 is 9.90 Å². The first-order valence-corrected chi connectivity index (χ1v) is 6.70. The highest BCUT2D eigenvalue weighted by Crippen LogP contribution is 2.20. The van der Waals surface area contributed by atoms with Crippen molar-refractivity contribution in [2.45, 2.75) is 26.9 Å². The monoisotopic (exact) mass is 289 g/mol. The summed E-state index contributed by atoms with van der Waals surface area (Å²) in [5.74, 6) is -0.0840. The number of anilines is 2. The second-order valence-electron chi connectivity index (χ2n) is 4.76. The van der Waals surface area contributed by atoms with Crippen LogP contribution >= 0.6 is 0 Å². The molecule has 0 aliphatic carbocycles. The highest BCUT2D eigenvalue weighted by atomic mass is 16.3. The number of nitrogens with one attached hydrogen (secondary N) is 2. The van der Waals surface area contributed by atoms with Crippen LogP contribution in [-0.4, -0.2) is 32.6 Å². The molecular weight excluding hydrogens is 270 g/mol. The van der Waals surface area contributed by atoms with Crippen LogP contribution in [0.2, 0.25) is 0 Å². The average molecular weight is 289 g/mol. The molecule has 1 heterocycles. The van der Waals surface area contributed by atoms with Crippen molar-refractivity contribution in [1.82, 2.24) is 15.0 Å². The molecule has 0 bridgehead atoms. The summed E-state index contributed by atoms with van der Waals surface area (Å²) in [5.41, 5.74) is 3.53. The first-order valence-electron chi connectivity index (χ1n) is 6.70. The van der Waals surface area contributed by atoms with E-state index in [1.807, 2.05) is 25.1 Å². The van der Waals surface area contributed by atoms with Crippen molar-refractivity contribution in [3.05, 3.63) is 35.7 Å². The summed E-state index contributed by atoms with van der Waals surface area (Å²) in [6.07, 6.45) is 1.79. The number of carbonyl (C=O) groups is 1. The van der Waals surface area contributed by atoms with Crippen LogP contribution in [0.15, 0.2) is 24.4 Å². The Labute approximate surface area is 123 Å². The van der Waals surface area contributed by atoms with Crippen LogP contribution < -0.4 is 10.6 Å². The Bertz CT molecular complexity index is 624. The topological polar surface area (TPSA) is 92.1 Å². The number of benzene rings is 1. The summed E-state index contributed by atoms with van der Waals surface area (Å²) in [4.78, 5) is 11.1. The molecule has 112 valence electrons. The maximum Gasteiger partial charge on any atom is 0.221 e. The van der Waals surface area contributed by atoms with Crippen LogP contribution in [0.4, 0.5) is 11.4 Å². The normalized spacial score (nSPS) is 10.4. The van der Waals surface area contributed by atoms with E-state index in [0.717, 1.165) is 22.6 Å². The number of aliphatic hydroxyl groups excluding tert-OH is 1. The molecule has 7 heteroatoms. The van der Waals surface area contributed by atoms with Gasteiger partial charge in [0.05, 0.1) is 25.9 Å². The van der Waals surface area contributed by atoms with E-state index in [1.54, 1.807) is 10.9 Å². The lowest BCUT2D eigenvalue weighted by Gasteiger charge is -2.10. The van der Waals surface area contributed by atoms with Crippen LogP contribution in [-0.2, 0) is 17.9 Å². The van der Waals surface area contributed by atoms with E-state index in [9.17, 15) is 4.79 Å². The molecule has 0 saturated carbocycles. The molecule has 7 nitrogen and oxygen atoms in total. The molecular formula is C14H19N5O2. The Morgan fingerprint density at radius 3 is 2.90 bits per heavy atom. The maximum atomic E-state index is 11.1. The van der Waals surface area contributed by atoms with Gasteiger partial charge in [0.2, 0.25) is 5.91 Å². The van der Waals surface area contributed by atoms with Crippen LogP contribution in [0, 0.1) is 6.92 Å². The second kappa shape index (κ2) is 6.85. The minimum atomic E-state index is -0.0840. The fourth-order valence-corrected chi connectivity index (χ4v) is 1.93. The Kier molecular flexibility index (Phi) is 4.89. The van der Waals surface area contributed by atoms with Crippen molar-refractivity contribution in [3.8, 4) is 0 Å². The van der Waals surface area contributed by atoms with Crippen LogP contribution in [0.25, 0.3) is 0 Å². The molecule has 21 heavy (non-hydrogen) atoms. The van der Waals surface area contributed by atoms with E-state index in [1.165, 1.54) is 6.92 Å². The van der Waals surface area contributed by atoms with E-state index in [-0.39, 0.29) is 12.5 Å². The summed E-state index contributed by atoms with van der Waals surface area (Å²) in [5, 5.41) is 22.8. The number of hydrogen-bond donors (Lipinski definition) is 3. The minimum absolute atomic E-state index is 0.0417. The van der Waals surface area contributed by atoms with Gasteiger partial charge >= 0.3 is 0 Å². The van der Waals surface area contributed by atoms with Gasteiger partial charge < -0.3 is 15.7 Å². The lowest BCUT2D eigenvalue weighted by Crippen LogP contribution is -2.07. The predicted molar refractivity (Wildman–Crippen MR) is 79.9 cm³/mol. The van der Waals surface area contributed by atoms with Crippen molar-refractivity contribution in [2.75, 3.05) is 17.2 Å². The predicted octanol–water partition coefficient (Wildman–Crippen LogP) is 1.15. The van der Waals surface area contributed by atoms with Crippen molar-refractivity contribution in [2.24, 2.45) is 0 Å². The fourth-order valence-electron chi connectivity index (χ4n) is 1.93. The number of aryl methyl sites for hydroxylation is 1.